The highest BCUT2D eigenvalue weighted by atomic mass is 35.5. The maximum Gasteiger partial charge on any atom is 0.133 e. The molecule has 90 valence electrons. The van der Waals surface area contributed by atoms with E-state index in [2.05, 4.69) is 18.1 Å². The van der Waals surface area contributed by atoms with Crippen molar-refractivity contribution < 1.29 is 4.79 Å². The fourth-order valence-corrected chi connectivity index (χ4v) is 2.03. The molecule has 1 aromatic heterocycles. The number of carbonyl (C=O) groups excluding carboxylic acids is 1. The molecule has 0 aliphatic rings. The van der Waals surface area contributed by atoms with Crippen LogP contribution in [0, 0.1) is 5.92 Å². The van der Waals surface area contributed by atoms with E-state index < -0.39 is 0 Å². The molecule has 0 saturated heterocycles. The van der Waals surface area contributed by atoms with Crippen molar-refractivity contribution in [2.75, 3.05) is 5.88 Å². The molecule has 1 unspecified atom stereocenters. The van der Waals surface area contributed by atoms with Crippen molar-refractivity contribution in [3.8, 4) is 0 Å². The molecule has 1 aromatic rings. The summed E-state index contributed by atoms with van der Waals surface area (Å²) in [7, 11) is 1.92. The van der Waals surface area contributed by atoms with Gasteiger partial charge in [-0.2, -0.15) is 5.10 Å². The van der Waals surface area contributed by atoms with E-state index >= 15 is 0 Å². The number of nitrogens with zero attached hydrogens (tertiary/aromatic N) is 2. The lowest BCUT2D eigenvalue weighted by Gasteiger charge is -2.11. The van der Waals surface area contributed by atoms with Crippen LogP contribution < -0.4 is 0 Å². The van der Waals surface area contributed by atoms with Gasteiger partial charge >= 0.3 is 0 Å². The highest BCUT2D eigenvalue weighted by molar-refractivity contribution is 6.18. The fraction of sp³-hybridized carbons (Fsp3) is 0.667. The zero-order valence-electron chi connectivity index (χ0n) is 10.2. The quantitative estimate of drug-likeness (QED) is 0.718. The van der Waals surface area contributed by atoms with Gasteiger partial charge in [-0.1, -0.05) is 6.92 Å². The number of rotatable bonds is 6. The normalized spacial score (nSPS) is 12.8. The summed E-state index contributed by atoms with van der Waals surface area (Å²) in [6, 6.07) is 2.07. The molecule has 0 saturated carbocycles. The van der Waals surface area contributed by atoms with Gasteiger partial charge in [-0.15, -0.1) is 11.6 Å². The largest absolute Gasteiger partial charge is 0.300 e. The third-order valence-corrected chi connectivity index (χ3v) is 3.10. The zero-order chi connectivity index (χ0) is 12.1. The molecule has 0 bridgehead atoms. The zero-order valence-corrected chi connectivity index (χ0v) is 10.9. The van der Waals surface area contributed by atoms with Gasteiger partial charge in [0, 0.05) is 24.5 Å². The summed E-state index contributed by atoms with van der Waals surface area (Å²) in [6.45, 7) is 3.71. The number of halogens is 1. The van der Waals surface area contributed by atoms with E-state index in [0.29, 0.717) is 5.88 Å². The highest BCUT2D eigenvalue weighted by Gasteiger charge is 2.16. The summed E-state index contributed by atoms with van der Waals surface area (Å²) < 4.78 is 1.86. The van der Waals surface area contributed by atoms with Crippen LogP contribution in [0.4, 0.5) is 0 Å². The number of aromatic nitrogens is 2. The Hall–Kier alpha value is -0.830. The van der Waals surface area contributed by atoms with Gasteiger partial charge in [0.1, 0.15) is 5.78 Å². The van der Waals surface area contributed by atoms with Crippen LogP contribution in [0.15, 0.2) is 6.07 Å². The first-order valence-corrected chi connectivity index (χ1v) is 6.20. The van der Waals surface area contributed by atoms with Crippen molar-refractivity contribution in [1.82, 2.24) is 9.78 Å². The number of Topliss-reactive ketones (excluding diaryl/α,β-unsaturated/α-hetero) is 1. The summed E-state index contributed by atoms with van der Waals surface area (Å²) in [5.74, 6) is 0.764. The van der Waals surface area contributed by atoms with Crippen LogP contribution in [0.1, 0.15) is 31.7 Å². The summed E-state index contributed by atoms with van der Waals surface area (Å²) in [5.41, 5.74) is 2.19. The van der Waals surface area contributed by atoms with Gasteiger partial charge in [-0.3, -0.25) is 9.48 Å². The molecule has 0 N–H and O–H groups in total. The Bertz CT molecular complexity index is 360. The molecule has 0 fully saturated rings. The van der Waals surface area contributed by atoms with Gasteiger partial charge in [0.2, 0.25) is 0 Å². The maximum atomic E-state index is 11.4. The van der Waals surface area contributed by atoms with Gasteiger partial charge in [0.15, 0.2) is 0 Å². The Morgan fingerprint density at radius 2 is 2.31 bits per heavy atom. The van der Waals surface area contributed by atoms with Crippen LogP contribution in [-0.4, -0.2) is 21.4 Å². The molecular weight excluding hydrogens is 224 g/mol. The van der Waals surface area contributed by atoms with E-state index in [4.69, 9.17) is 11.6 Å². The minimum atomic E-state index is 0.0256. The lowest BCUT2D eigenvalue weighted by Crippen LogP contribution is -2.16. The first-order valence-electron chi connectivity index (χ1n) is 5.66. The molecule has 0 amide bonds. The molecule has 1 rings (SSSR count). The Morgan fingerprint density at radius 1 is 1.62 bits per heavy atom. The van der Waals surface area contributed by atoms with Crippen molar-refractivity contribution in [3.05, 3.63) is 17.5 Å². The Kier molecular flexibility index (Phi) is 5.00. The minimum Gasteiger partial charge on any atom is -0.300 e. The van der Waals surface area contributed by atoms with Gasteiger partial charge in [-0.25, -0.2) is 0 Å². The number of aryl methyl sites for hydroxylation is 2. The fourth-order valence-electron chi connectivity index (χ4n) is 1.77. The number of alkyl halides is 1. The van der Waals surface area contributed by atoms with Gasteiger partial charge < -0.3 is 0 Å². The summed E-state index contributed by atoms with van der Waals surface area (Å²) in [5, 5.41) is 4.37. The van der Waals surface area contributed by atoms with Crippen molar-refractivity contribution in [2.45, 2.75) is 33.1 Å². The van der Waals surface area contributed by atoms with Crippen LogP contribution >= 0.6 is 11.6 Å². The van der Waals surface area contributed by atoms with E-state index in [-0.39, 0.29) is 11.7 Å². The molecule has 0 radical (unpaired) electrons. The van der Waals surface area contributed by atoms with Crippen molar-refractivity contribution in [1.29, 1.82) is 0 Å². The predicted molar refractivity (Wildman–Crippen MR) is 65.8 cm³/mol. The molecule has 3 nitrogen and oxygen atoms in total. The first-order chi connectivity index (χ1) is 7.58. The molecule has 0 aliphatic heterocycles. The van der Waals surface area contributed by atoms with E-state index in [0.717, 1.165) is 30.7 Å². The third kappa shape index (κ3) is 3.34. The average molecular weight is 243 g/mol. The second-order valence-electron chi connectivity index (χ2n) is 4.09. The van der Waals surface area contributed by atoms with Crippen LogP contribution in [0.25, 0.3) is 0 Å². The lowest BCUT2D eigenvalue weighted by molar-refractivity contribution is -0.120. The topological polar surface area (TPSA) is 34.9 Å². The number of hydrogen-bond acceptors (Lipinski definition) is 2. The summed E-state index contributed by atoms with van der Waals surface area (Å²) in [6.07, 6.45) is 2.41. The molecule has 16 heavy (non-hydrogen) atoms. The van der Waals surface area contributed by atoms with Crippen LogP contribution in [-0.2, 0) is 24.7 Å². The van der Waals surface area contributed by atoms with E-state index in [1.54, 1.807) is 6.92 Å². The van der Waals surface area contributed by atoms with Crippen LogP contribution in [0.2, 0.25) is 0 Å². The lowest BCUT2D eigenvalue weighted by atomic mass is 9.96. The molecule has 0 aliphatic carbocycles. The molecule has 0 aromatic carbocycles. The Balaban J connectivity index is 2.76. The van der Waals surface area contributed by atoms with E-state index in [1.807, 2.05) is 11.7 Å². The molecular formula is C12H19ClN2O. The van der Waals surface area contributed by atoms with Gasteiger partial charge in [0.05, 0.1) is 5.69 Å². The Morgan fingerprint density at radius 3 is 2.75 bits per heavy atom. The van der Waals surface area contributed by atoms with Gasteiger partial charge in [0.25, 0.3) is 0 Å². The first kappa shape index (κ1) is 13.2. The average Bonchev–Trinajstić information content (AvgIpc) is 2.59. The van der Waals surface area contributed by atoms with Crippen molar-refractivity contribution >= 4 is 17.4 Å². The molecule has 1 heterocycles. The number of hydrogen-bond donors (Lipinski definition) is 0. The molecule has 4 heteroatoms. The van der Waals surface area contributed by atoms with E-state index in [1.165, 1.54) is 0 Å². The van der Waals surface area contributed by atoms with Crippen molar-refractivity contribution in [2.24, 2.45) is 13.0 Å². The maximum absolute atomic E-state index is 11.4. The van der Waals surface area contributed by atoms with Crippen LogP contribution in [0.3, 0.4) is 0 Å². The predicted octanol–water partition coefficient (Wildman–Crippen LogP) is 2.36. The summed E-state index contributed by atoms with van der Waals surface area (Å²) in [4.78, 5) is 11.4. The second kappa shape index (κ2) is 6.04. The highest BCUT2D eigenvalue weighted by Crippen LogP contribution is 2.15. The molecule has 0 spiro atoms. The van der Waals surface area contributed by atoms with Gasteiger partial charge in [-0.05, 0) is 32.3 Å². The van der Waals surface area contributed by atoms with E-state index in [9.17, 15) is 4.79 Å². The molecule has 1 atom stereocenters. The summed E-state index contributed by atoms with van der Waals surface area (Å²) >= 11 is 5.70. The number of carbonyl (C=O) groups is 1. The van der Waals surface area contributed by atoms with Crippen LogP contribution in [0.5, 0.6) is 0 Å². The minimum absolute atomic E-state index is 0.0256. The Labute approximate surface area is 102 Å². The number of ketones is 1. The smallest absolute Gasteiger partial charge is 0.133 e. The second-order valence-corrected chi connectivity index (χ2v) is 4.47. The van der Waals surface area contributed by atoms with Crippen molar-refractivity contribution in [3.63, 3.8) is 0 Å². The monoisotopic (exact) mass is 242 g/mol. The third-order valence-electron chi connectivity index (χ3n) is 2.88. The standard InChI is InChI=1S/C12H19ClN2O/c1-4-11-8-12(15(3)14-11)7-10(5-6-13)9(2)16/h8,10H,4-7H2,1-3H3. The SMILES string of the molecule is CCc1cc(CC(CCCl)C(C)=O)n(C)n1.